The van der Waals surface area contributed by atoms with Gasteiger partial charge in [0.2, 0.25) is 0 Å². The Morgan fingerprint density at radius 1 is 1.33 bits per heavy atom. The number of aromatic nitrogens is 2. The molecule has 1 N–H and O–H groups in total. The van der Waals surface area contributed by atoms with E-state index in [2.05, 4.69) is 18.9 Å². The summed E-state index contributed by atoms with van der Waals surface area (Å²) < 4.78 is 1.84. The fourth-order valence-corrected chi connectivity index (χ4v) is 1.49. The number of aliphatic hydroxyl groups excluding tert-OH is 1. The van der Waals surface area contributed by atoms with Crippen LogP contribution in [0.2, 0.25) is 0 Å². The Bertz CT molecular complexity index is 292. The summed E-state index contributed by atoms with van der Waals surface area (Å²) in [7, 11) is 0. The van der Waals surface area contributed by atoms with E-state index < -0.39 is 0 Å². The lowest BCUT2D eigenvalue weighted by molar-refractivity contribution is 0.103. The first-order valence-electron chi connectivity index (χ1n) is 5.68. The van der Waals surface area contributed by atoms with Gasteiger partial charge in [-0.25, -0.2) is 0 Å². The predicted molar refractivity (Wildman–Crippen MR) is 61.6 cm³/mol. The smallest absolute Gasteiger partial charge is 0.0758 e. The highest BCUT2D eigenvalue weighted by atomic mass is 16.3. The van der Waals surface area contributed by atoms with E-state index in [4.69, 9.17) is 0 Å². The Morgan fingerprint density at radius 2 is 2.00 bits per heavy atom. The van der Waals surface area contributed by atoms with Gasteiger partial charge in [-0.05, 0) is 23.8 Å². The lowest BCUT2D eigenvalue weighted by Crippen LogP contribution is -2.21. The Morgan fingerprint density at radius 3 is 2.53 bits per heavy atom. The Kier molecular flexibility index (Phi) is 4.33. The van der Waals surface area contributed by atoms with Crippen molar-refractivity contribution in [3.63, 3.8) is 0 Å². The summed E-state index contributed by atoms with van der Waals surface area (Å²) >= 11 is 0. The maximum atomic E-state index is 9.71. The number of hydrogen-bond acceptors (Lipinski definition) is 2. The minimum absolute atomic E-state index is 0.280. The quantitative estimate of drug-likeness (QED) is 0.808. The molecule has 1 unspecified atom stereocenters. The molecule has 0 aromatic carbocycles. The minimum Gasteiger partial charge on any atom is -0.391 e. The molecule has 0 aliphatic rings. The van der Waals surface area contributed by atoms with Crippen LogP contribution in [0.5, 0.6) is 0 Å². The molecular weight excluding hydrogens is 188 g/mol. The molecule has 1 rings (SSSR count). The molecule has 0 saturated carbocycles. The number of rotatable bonds is 5. The molecule has 0 saturated heterocycles. The maximum absolute atomic E-state index is 9.71. The highest BCUT2D eigenvalue weighted by molar-refractivity contribution is 5.04. The largest absolute Gasteiger partial charge is 0.391 e. The zero-order valence-electron chi connectivity index (χ0n) is 10.1. The van der Waals surface area contributed by atoms with Crippen LogP contribution < -0.4 is 0 Å². The second-order valence-electron chi connectivity index (χ2n) is 4.98. The molecule has 1 atom stereocenters. The molecule has 0 aliphatic carbocycles. The summed E-state index contributed by atoms with van der Waals surface area (Å²) in [5.74, 6) is 0.931. The normalized spacial score (nSPS) is 13.8. The molecule has 0 radical (unpaired) electrons. The van der Waals surface area contributed by atoms with Crippen LogP contribution in [0.15, 0.2) is 12.4 Å². The zero-order chi connectivity index (χ0) is 11.4. The first-order chi connectivity index (χ1) is 6.99. The van der Waals surface area contributed by atoms with Crippen LogP contribution in [-0.2, 0) is 13.0 Å². The van der Waals surface area contributed by atoms with Crippen molar-refractivity contribution >= 4 is 0 Å². The van der Waals surface area contributed by atoms with Crippen molar-refractivity contribution in [2.24, 2.45) is 11.8 Å². The van der Waals surface area contributed by atoms with Gasteiger partial charge in [-0.15, -0.1) is 0 Å². The molecule has 0 aliphatic heterocycles. The predicted octanol–water partition coefficient (Wildman–Crippen LogP) is 2.10. The molecule has 86 valence electrons. The number of aliphatic hydroxyl groups is 1. The highest BCUT2D eigenvalue weighted by Gasteiger charge is 2.10. The van der Waals surface area contributed by atoms with Crippen molar-refractivity contribution in [3.8, 4) is 0 Å². The Labute approximate surface area is 92.1 Å². The zero-order valence-corrected chi connectivity index (χ0v) is 10.1. The van der Waals surface area contributed by atoms with Gasteiger partial charge in [-0.3, -0.25) is 4.68 Å². The van der Waals surface area contributed by atoms with Gasteiger partial charge < -0.3 is 5.11 Å². The summed E-state index contributed by atoms with van der Waals surface area (Å²) in [4.78, 5) is 0. The molecule has 0 spiro atoms. The van der Waals surface area contributed by atoms with Crippen LogP contribution in [-0.4, -0.2) is 21.0 Å². The van der Waals surface area contributed by atoms with Crippen LogP contribution in [0.3, 0.4) is 0 Å². The molecule has 1 aromatic rings. The minimum atomic E-state index is -0.309. The first-order valence-corrected chi connectivity index (χ1v) is 5.68. The summed E-state index contributed by atoms with van der Waals surface area (Å²) in [6.07, 6.45) is 4.67. The second-order valence-corrected chi connectivity index (χ2v) is 4.98. The van der Waals surface area contributed by atoms with Crippen LogP contribution in [0, 0.1) is 11.8 Å². The van der Waals surface area contributed by atoms with Crippen LogP contribution in [0.25, 0.3) is 0 Å². The van der Waals surface area contributed by atoms with E-state index in [1.165, 1.54) is 5.56 Å². The fourth-order valence-electron chi connectivity index (χ4n) is 1.49. The number of nitrogens with zero attached hydrogens (tertiary/aromatic N) is 2. The average molecular weight is 210 g/mol. The molecule has 15 heavy (non-hydrogen) atoms. The molecule has 0 amide bonds. The Hall–Kier alpha value is -0.830. The third-order valence-corrected chi connectivity index (χ3v) is 2.47. The van der Waals surface area contributed by atoms with E-state index in [1.807, 2.05) is 30.9 Å². The highest BCUT2D eigenvalue weighted by Crippen LogP contribution is 2.08. The van der Waals surface area contributed by atoms with Gasteiger partial charge in [0.15, 0.2) is 0 Å². The molecular formula is C12H22N2O. The van der Waals surface area contributed by atoms with Crippen molar-refractivity contribution < 1.29 is 5.11 Å². The van der Waals surface area contributed by atoms with Crippen molar-refractivity contribution in [1.29, 1.82) is 0 Å². The van der Waals surface area contributed by atoms with Crippen molar-refractivity contribution in [2.45, 2.75) is 46.8 Å². The Balaban J connectivity index is 2.53. The van der Waals surface area contributed by atoms with Crippen LogP contribution in [0.1, 0.15) is 33.3 Å². The van der Waals surface area contributed by atoms with E-state index in [9.17, 15) is 5.11 Å². The maximum Gasteiger partial charge on any atom is 0.0758 e. The van der Waals surface area contributed by atoms with Gasteiger partial charge in [-0.2, -0.15) is 5.10 Å². The van der Waals surface area contributed by atoms with Crippen molar-refractivity contribution in [3.05, 3.63) is 18.0 Å². The van der Waals surface area contributed by atoms with Crippen molar-refractivity contribution in [2.75, 3.05) is 0 Å². The standard InChI is InChI=1S/C12H22N2O/c1-9(2)5-11-6-13-14(7-11)8-12(15)10(3)4/h6-7,9-10,12,15H,5,8H2,1-4H3. The number of hydrogen-bond donors (Lipinski definition) is 1. The second kappa shape index (κ2) is 5.31. The molecule has 0 fully saturated rings. The molecule has 3 heteroatoms. The van der Waals surface area contributed by atoms with Crippen LogP contribution in [0.4, 0.5) is 0 Å². The molecule has 1 aromatic heterocycles. The molecule has 0 bridgehead atoms. The topological polar surface area (TPSA) is 38.0 Å². The summed E-state index contributed by atoms with van der Waals surface area (Å²) in [5.41, 5.74) is 1.25. The SMILES string of the molecule is CC(C)Cc1cnn(CC(O)C(C)C)c1. The monoisotopic (exact) mass is 210 g/mol. The van der Waals surface area contributed by atoms with E-state index >= 15 is 0 Å². The molecule has 3 nitrogen and oxygen atoms in total. The van der Waals surface area contributed by atoms with E-state index in [0.717, 1.165) is 6.42 Å². The van der Waals surface area contributed by atoms with Gasteiger partial charge in [0.1, 0.15) is 0 Å². The average Bonchev–Trinajstić information content (AvgIpc) is 2.51. The fraction of sp³-hybridized carbons (Fsp3) is 0.750. The third kappa shape index (κ3) is 4.04. The van der Waals surface area contributed by atoms with Gasteiger partial charge >= 0.3 is 0 Å². The van der Waals surface area contributed by atoms with Gasteiger partial charge in [0.05, 0.1) is 18.8 Å². The lowest BCUT2D eigenvalue weighted by Gasteiger charge is -2.13. The third-order valence-electron chi connectivity index (χ3n) is 2.47. The van der Waals surface area contributed by atoms with E-state index in [-0.39, 0.29) is 12.0 Å². The first kappa shape index (κ1) is 12.2. The van der Waals surface area contributed by atoms with Crippen LogP contribution >= 0.6 is 0 Å². The summed E-state index contributed by atoms with van der Waals surface area (Å²) in [6, 6.07) is 0. The van der Waals surface area contributed by atoms with E-state index in [0.29, 0.717) is 12.5 Å². The molecule has 1 heterocycles. The van der Waals surface area contributed by atoms with Gasteiger partial charge in [0, 0.05) is 6.20 Å². The van der Waals surface area contributed by atoms with Gasteiger partial charge in [-0.1, -0.05) is 27.7 Å². The van der Waals surface area contributed by atoms with Gasteiger partial charge in [0.25, 0.3) is 0 Å². The lowest BCUT2D eigenvalue weighted by atomic mass is 10.1. The summed E-state index contributed by atoms with van der Waals surface area (Å²) in [5, 5.41) is 14.0. The summed E-state index contributed by atoms with van der Waals surface area (Å²) in [6.45, 7) is 9.02. The van der Waals surface area contributed by atoms with Crippen molar-refractivity contribution in [1.82, 2.24) is 9.78 Å². The van der Waals surface area contributed by atoms with E-state index in [1.54, 1.807) is 0 Å².